The van der Waals surface area contributed by atoms with Crippen molar-refractivity contribution >= 4 is 32.7 Å². The standard InChI is InChI=1S/C41H28N2O/c1-41(2)35-29-17-7-6-12-25(29)22-23-33(35)38-36(41)37(26-13-4-3-5-14-26)42-40(43-38)28-16-10-15-27(24-28)30-19-11-20-32-31-18-8-9-21-34(31)44-39(30)32/h3-24H,1-2H3. The molecule has 0 amide bonds. The predicted octanol–water partition coefficient (Wildman–Crippen LogP) is 10.8. The van der Waals surface area contributed by atoms with Crippen LogP contribution in [0.4, 0.5) is 0 Å². The third-order valence-electron chi connectivity index (χ3n) is 9.23. The number of hydrogen-bond donors (Lipinski definition) is 0. The summed E-state index contributed by atoms with van der Waals surface area (Å²) in [5, 5.41) is 4.77. The minimum Gasteiger partial charge on any atom is -0.455 e. The van der Waals surface area contributed by atoms with Gasteiger partial charge in [0, 0.05) is 44.0 Å². The van der Waals surface area contributed by atoms with Gasteiger partial charge in [-0.05, 0) is 34.0 Å². The third-order valence-corrected chi connectivity index (χ3v) is 9.23. The predicted molar refractivity (Wildman–Crippen MR) is 181 cm³/mol. The molecule has 0 aliphatic heterocycles. The van der Waals surface area contributed by atoms with Gasteiger partial charge in [0.15, 0.2) is 5.82 Å². The van der Waals surface area contributed by atoms with E-state index in [0.29, 0.717) is 0 Å². The second-order valence-electron chi connectivity index (χ2n) is 12.2. The molecule has 208 valence electrons. The van der Waals surface area contributed by atoms with E-state index in [-0.39, 0.29) is 5.41 Å². The Balaban J connectivity index is 1.28. The zero-order chi connectivity index (χ0) is 29.4. The molecule has 44 heavy (non-hydrogen) atoms. The fraction of sp³-hybridized carbons (Fsp3) is 0.0732. The molecule has 1 aliphatic rings. The van der Waals surface area contributed by atoms with E-state index >= 15 is 0 Å². The van der Waals surface area contributed by atoms with E-state index in [1.165, 1.54) is 27.5 Å². The van der Waals surface area contributed by atoms with E-state index in [9.17, 15) is 0 Å². The maximum atomic E-state index is 6.39. The third kappa shape index (κ3) is 3.56. The number of fused-ring (bicyclic) bond motifs is 8. The molecule has 3 nitrogen and oxygen atoms in total. The summed E-state index contributed by atoms with van der Waals surface area (Å²) in [6, 6.07) is 46.8. The molecule has 6 aromatic carbocycles. The van der Waals surface area contributed by atoms with E-state index in [0.717, 1.165) is 61.4 Å². The molecule has 9 rings (SSSR count). The number of para-hydroxylation sites is 2. The summed E-state index contributed by atoms with van der Waals surface area (Å²) in [4.78, 5) is 10.7. The van der Waals surface area contributed by atoms with Gasteiger partial charge in [0.1, 0.15) is 11.2 Å². The van der Waals surface area contributed by atoms with Crippen molar-refractivity contribution in [1.82, 2.24) is 9.97 Å². The second kappa shape index (κ2) is 9.23. The van der Waals surface area contributed by atoms with Crippen LogP contribution in [0.25, 0.3) is 77.7 Å². The quantitative estimate of drug-likeness (QED) is 0.214. The van der Waals surface area contributed by atoms with Gasteiger partial charge in [-0.15, -0.1) is 0 Å². The minimum absolute atomic E-state index is 0.270. The Kier molecular flexibility index (Phi) is 5.24. The Morgan fingerprint density at radius 3 is 2.07 bits per heavy atom. The van der Waals surface area contributed by atoms with Crippen LogP contribution >= 0.6 is 0 Å². The van der Waals surface area contributed by atoms with Gasteiger partial charge in [-0.1, -0.05) is 135 Å². The average molecular weight is 565 g/mol. The molecular formula is C41H28N2O. The molecule has 0 saturated heterocycles. The molecule has 0 spiro atoms. The molecule has 0 bridgehead atoms. The number of nitrogens with zero attached hydrogens (tertiary/aromatic N) is 2. The fourth-order valence-electron chi connectivity index (χ4n) is 7.25. The monoisotopic (exact) mass is 564 g/mol. The number of benzene rings is 6. The van der Waals surface area contributed by atoms with E-state index in [4.69, 9.17) is 14.4 Å². The van der Waals surface area contributed by atoms with Crippen molar-refractivity contribution in [3.05, 3.63) is 145 Å². The molecule has 0 radical (unpaired) electrons. The number of hydrogen-bond acceptors (Lipinski definition) is 3. The smallest absolute Gasteiger partial charge is 0.160 e. The van der Waals surface area contributed by atoms with Crippen molar-refractivity contribution in [2.45, 2.75) is 19.3 Å². The Morgan fingerprint density at radius 1 is 0.500 bits per heavy atom. The highest BCUT2D eigenvalue weighted by molar-refractivity contribution is 6.09. The van der Waals surface area contributed by atoms with Gasteiger partial charge in [0.25, 0.3) is 0 Å². The summed E-state index contributed by atoms with van der Waals surface area (Å²) in [5.41, 5.74) is 11.4. The molecule has 0 N–H and O–H groups in total. The first-order valence-electron chi connectivity index (χ1n) is 15.1. The number of rotatable bonds is 3. The first-order valence-corrected chi connectivity index (χ1v) is 15.1. The van der Waals surface area contributed by atoms with Crippen molar-refractivity contribution < 1.29 is 4.42 Å². The zero-order valence-corrected chi connectivity index (χ0v) is 24.5. The normalized spacial score (nSPS) is 13.4. The largest absolute Gasteiger partial charge is 0.455 e. The highest BCUT2D eigenvalue weighted by Gasteiger charge is 2.41. The lowest BCUT2D eigenvalue weighted by Crippen LogP contribution is -2.18. The summed E-state index contributed by atoms with van der Waals surface area (Å²) in [6.07, 6.45) is 0. The lowest BCUT2D eigenvalue weighted by molar-refractivity contribution is 0.663. The van der Waals surface area contributed by atoms with Crippen LogP contribution in [0.3, 0.4) is 0 Å². The second-order valence-corrected chi connectivity index (χ2v) is 12.2. The summed E-state index contributed by atoms with van der Waals surface area (Å²) in [7, 11) is 0. The van der Waals surface area contributed by atoms with Gasteiger partial charge < -0.3 is 4.42 Å². The summed E-state index contributed by atoms with van der Waals surface area (Å²) in [6.45, 7) is 4.63. The van der Waals surface area contributed by atoms with Gasteiger partial charge in [-0.25, -0.2) is 9.97 Å². The van der Waals surface area contributed by atoms with Gasteiger partial charge in [-0.3, -0.25) is 0 Å². The summed E-state index contributed by atoms with van der Waals surface area (Å²) in [5.74, 6) is 0.720. The zero-order valence-electron chi connectivity index (χ0n) is 24.5. The van der Waals surface area contributed by atoms with Crippen LogP contribution in [-0.4, -0.2) is 9.97 Å². The van der Waals surface area contributed by atoms with E-state index in [2.05, 4.69) is 135 Å². The maximum absolute atomic E-state index is 6.39. The van der Waals surface area contributed by atoms with Crippen LogP contribution in [0.1, 0.15) is 25.0 Å². The van der Waals surface area contributed by atoms with Gasteiger partial charge in [-0.2, -0.15) is 0 Å². The molecule has 2 heterocycles. The summed E-state index contributed by atoms with van der Waals surface area (Å²) < 4.78 is 6.39. The van der Waals surface area contributed by atoms with Crippen molar-refractivity contribution in [3.8, 4) is 45.0 Å². The number of aromatic nitrogens is 2. The van der Waals surface area contributed by atoms with Crippen LogP contribution in [0.5, 0.6) is 0 Å². The molecule has 0 unspecified atom stereocenters. The van der Waals surface area contributed by atoms with Crippen LogP contribution in [0.15, 0.2) is 138 Å². The molecule has 0 atom stereocenters. The molecule has 3 heteroatoms. The first kappa shape index (κ1) is 25.0. The van der Waals surface area contributed by atoms with Crippen molar-refractivity contribution in [1.29, 1.82) is 0 Å². The topological polar surface area (TPSA) is 38.9 Å². The average Bonchev–Trinajstić information content (AvgIpc) is 3.57. The lowest BCUT2D eigenvalue weighted by Gasteiger charge is -2.25. The van der Waals surface area contributed by atoms with Gasteiger partial charge in [0.2, 0.25) is 0 Å². The maximum Gasteiger partial charge on any atom is 0.160 e. The first-order chi connectivity index (χ1) is 21.6. The van der Waals surface area contributed by atoms with E-state index in [1.54, 1.807) is 0 Å². The molecular weight excluding hydrogens is 536 g/mol. The molecule has 2 aromatic heterocycles. The molecule has 0 fully saturated rings. The Bertz CT molecular complexity index is 2420. The van der Waals surface area contributed by atoms with Gasteiger partial charge >= 0.3 is 0 Å². The SMILES string of the molecule is CC1(C)c2c(-c3ccccc3)nc(-c3cccc(-c4cccc5c4oc4ccccc45)c3)nc2-c2ccc3ccccc3c21. The van der Waals surface area contributed by atoms with E-state index in [1.807, 2.05) is 12.1 Å². The van der Waals surface area contributed by atoms with E-state index < -0.39 is 0 Å². The van der Waals surface area contributed by atoms with Crippen molar-refractivity contribution in [2.75, 3.05) is 0 Å². The molecule has 1 aliphatic carbocycles. The van der Waals surface area contributed by atoms with Crippen molar-refractivity contribution in [3.63, 3.8) is 0 Å². The highest BCUT2D eigenvalue weighted by atomic mass is 16.3. The van der Waals surface area contributed by atoms with Crippen LogP contribution in [0, 0.1) is 0 Å². The Hall–Kier alpha value is -5.54. The highest BCUT2D eigenvalue weighted by Crippen LogP contribution is 2.53. The fourth-order valence-corrected chi connectivity index (χ4v) is 7.25. The Labute approximate surface area is 255 Å². The van der Waals surface area contributed by atoms with Gasteiger partial charge in [0.05, 0.1) is 11.4 Å². The van der Waals surface area contributed by atoms with Crippen LogP contribution in [0.2, 0.25) is 0 Å². The minimum atomic E-state index is -0.270. The molecule has 0 saturated carbocycles. The summed E-state index contributed by atoms with van der Waals surface area (Å²) >= 11 is 0. The van der Waals surface area contributed by atoms with Crippen molar-refractivity contribution in [2.24, 2.45) is 0 Å². The lowest BCUT2D eigenvalue weighted by atomic mass is 9.79. The van der Waals surface area contributed by atoms with Crippen LogP contribution < -0.4 is 0 Å². The number of furan rings is 1. The molecule has 8 aromatic rings. The van der Waals surface area contributed by atoms with Crippen LogP contribution in [-0.2, 0) is 5.41 Å². The Morgan fingerprint density at radius 2 is 1.18 bits per heavy atom.